The van der Waals surface area contributed by atoms with Crippen molar-refractivity contribution >= 4 is 34.6 Å². The number of hydrogen-bond donors (Lipinski definition) is 3. The largest absolute Gasteiger partial charge is 0.491 e. The summed E-state index contributed by atoms with van der Waals surface area (Å²) >= 11 is 7.20. The lowest BCUT2D eigenvalue weighted by atomic mass is 10.2. The highest BCUT2D eigenvalue weighted by atomic mass is 35.5. The van der Waals surface area contributed by atoms with E-state index in [1.54, 1.807) is 24.4 Å². The van der Waals surface area contributed by atoms with Gasteiger partial charge in [-0.1, -0.05) is 18.5 Å². The molecule has 0 aliphatic heterocycles. The van der Waals surface area contributed by atoms with Crippen LogP contribution in [-0.2, 0) is 11.3 Å². The molecule has 0 radical (unpaired) electrons. The summed E-state index contributed by atoms with van der Waals surface area (Å²) in [5.74, 6) is 0.0258. The normalized spacial score (nSPS) is 11.8. The number of aliphatic hydroxyl groups excluding tert-OH is 2. The van der Waals surface area contributed by atoms with Crippen LogP contribution >= 0.6 is 22.9 Å². The van der Waals surface area contributed by atoms with Crippen LogP contribution in [0.4, 0.5) is 5.69 Å². The van der Waals surface area contributed by atoms with Crippen molar-refractivity contribution in [3.63, 3.8) is 0 Å². The Morgan fingerprint density at radius 3 is 2.92 bits per heavy atom. The summed E-state index contributed by atoms with van der Waals surface area (Å²) in [5.41, 5.74) is 0.948. The molecule has 2 aromatic rings. The minimum absolute atomic E-state index is 0.272. The number of aliphatic hydroxyl groups is 2. The molecular weight excluding hydrogens is 380 g/mol. The van der Waals surface area contributed by atoms with Gasteiger partial charge in [0.2, 0.25) is 0 Å². The molecule has 2 rings (SSSR count). The fourth-order valence-electron chi connectivity index (χ4n) is 1.99. The molecule has 0 spiro atoms. The zero-order valence-corrected chi connectivity index (χ0v) is 15.8. The number of aromatic nitrogens is 1. The molecule has 0 aliphatic carbocycles. The van der Waals surface area contributed by atoms with Gasteiger partial charge in [-0.05, 0) is 24.6 Å². The molecule has 1 aromatic carbocycles. The van der Waals surface area contributed by atoms with Crippen molar-refractivity contribution in [3.05, 3.63) is 39.3 Å². The predicted molar refractivity (Wildman–Crippen MR) is 100 cm³/mol. The maximum absolute atomic E-state index is 12.1. The lowest BCUT2D eigenvalue weighted by Crippen LogP contribution is -2.22. The molecule has 1 unspecified atom stereocenters. The summed E-state index contributed by atoms with van der Waals surface area (Å²) < 4.78 is 11.1. The van der Waals surface area contributed by atoms with E-state index in [2.05, 4.69) is 10.3 Å². The van der Waals surface area contributed by atoms with Crippen LogP contribution in [0.3, 0.4) is 0 Å². The second kappa shape index (κ2) is 10.3. The van der Waals surface area contributed by atoms with E-state index >= 15 is 0 Å². The number of esters is 1. The van der Waals surface area contributed by atoms with Crippen molar-refractivity contribution in [3.8, 4) is 5.75 Å². The second-order valence-electron chi connectivity index (χ2n) is 5.43. The number of thiazole rings is 1. The number of rotatable bonds is 10. The number of anilines is 1. The number of nitrogens with one attached hydrogen (secondary N) is 1. The Labute approximate surface area is 160 Å². The summed E-state index contributed by atoms with van der Waals surface area (Å²) in [6.45, 7) is 2.29. The molecule has 0 saturated heterocycles. The highest BCUT2D eigenvalue weighted by Gasteiger charge is 2.14. The van der Waals surface area contributed by atoms with Crippen molar-refractivity contribution in [2.45, 2.75) is 26.0 Å². The third-order valence-corrected chi connectivity index (χ3v) is 4.39. The first-order valence-corrected chi connectivity index (χ1v) is 9.30. The SMILES string of the molecule is CCCOc1ccc(C(=O)OCC(O)CO)cc1NCc1cnc(Cl)s1. The number of carbonyl (C=O) groups is 1. The molecule has 142 valence electrons. The van der Waals surface area contributed by atoms with Crippen LogP contribution in [0.2, 0.25) is 4.47 Å². The number of benzene rings is 1. The van der Waals surface area contributed by atoms with Crippen molar-refractivity contribution in [2.24, 2.45) is 0 Å². The molecule has 1 atom stereocenters. The van der Waals surface area contributed by atoms with Crippen molar-refractivity contribution in [2.75, 3.05) is 25.1 Å². The molecular formula is C17H21ClN2O5S. The zero-order chi connectivity index (χ0) is 18.9. The molecule has 1 heterocycles. The van der Waals surface area contributed by atoms with Crippen LogP contribution in [0.25, 0.3) is 0 Å². The van der Waals surface area contributed by atoms with E-state index in [1.165, 1.54) is 11.3 Å². The molecule has 0 bridgehead atoms. The van der Waals surface area contributed by atoms with Crippen LogP contribution in [0.5, 0.6) is 5.75 Å². The van der Waals surface area contributed by atoms with Gasteiger partial charge in [0, 0.05) is 11.1 Å². The maximum Gasteiger partial charge on any atom is 0.338 e. The van der Waals surface area contributed by atoms with E-state index in [0.29, 0.717) is 34.6 Å². The van der Waals surface area contributed by atoms with Gasteiger partial charge in [0.15, 0.2) is 4.47 Å². The number of carbonyl (C=O) groups excluding carboxylic acids is 1. The highest BCUT2D eigenvalue weighted by Crippen LogP contribution is 2.28. The summed E-state index contributed by atoms with van der Waals surface area (Å²) in [6.07, 6.45) is 1.44. The fourth-order valence-corrected chi connectivity index (χ4v) is 2.91. The predicted octanol–water partition coefficient (Wildman–Crippen LogP) is 2.71. The number of hydrogen-bond acceptors (Lipinski definition) is 8. The van der Waals surface area contributed by atoms with Crippen molar-refractivity contribution in [1.82, 2.24) is 4.98 Å². The monoisotopic (exact) mass is 400 g/mol. The second-order valence-corrected chi connectivity index (χ2v) is 7.12. The lowest BCUT2D eigenvalue weighted by Gasteiger charge is -2.14. The van der Waals surface area contributed by atoms with Gasteiger partial charge >= 0.3 is 5.97 Å². The first kappa shape index (κ1) is 20.4. The van der Waals surface area contributed by atoms with E-state index in [4.69, 9.17) is 26.2 Å². The Kier molecular flexibility index (Phi) is 8.11. The summed E-state index contributed by atoms with van der Waals surface area (Å²) in [6, 6.07) is 4.91. The molecule has 1 aromatic heterocycles. The Balaban J connectivity index is 2.11. The molecule has 3 N–H and O–H groups in total. The van der Waals surface area contributed by atoms with Crippen molar-refractivity contribution < 1.29 is 24.5 Å². The van der Waals surface area contributed by atoms with Gasteiger partial charge in [-0.3, -0.25) is 0 Å². The summed E-state index contributed by atoms with van der Waals surface area (Å²) in [5, 5.41) is 21.3. The topological polar surface area (TPSA) is 101 Å². The molecule has 26 heavy (non-hydrogen) atoms. The van der Waals surface area contributed by atoms with E-state index in [9.17, 15) is 9.90 Å². The van der Waals surface area contributed by atoms with Crippen LogP contribution < -0.4 is 10.1 Å². The number of ether oxygens (including phenoxy) is 2. The molecule has 0 amide bonds. The Bertz CT molecular complexity index is 725. The summed E-state index contributed by atoms with van der Waals surface area (Å²) in [7, 11) is 0. The van der Waals surface area contributed by atoms with Gasteiger partial charge in [-0.25, -0.2) is 9.78 Å². The van der Waals surface area contributed by atoms with Crippen LogP contribution in [0.1, 0.15) is 28.6 Å². The summed E-state index contributed by atoms with van der Waals surface area (Å²) in [4.78, 5) is 17.0. The lowest BCUT2D eigenvalue weighted by molar-refractivity contribution is 0.00933. The number of nitrogens with zero attached hydrogens (tertiary/aromatic N) is 1. The van der Waals surface area contributed by atoms with Gasteiger partial charge in [-0.2, -0.15) is 0 Å². The van der Waals surface area contributed by atoms with Gasteiger partial charge < -0.3 is 25.0 Å². The number of halogens is 1. The maximum atomic E-state index is 12.1. The van der Waals surface area contributed by atoms with Crippen molar-refractivity contribution in [1.29, 1.82) is 0 Å². The van der Waals surface area contributed by atoms with Crippen LogP contribution in [-0.4, -0.2) is 47.1 Å². The third kappa shape index (κ3) is 6.14. The standard InChI is InChI=1S/C17H21ClN2O5S/c1-2-5-24-15-4-3-11(16(23)25-10-12(22)9-21)6-14(15)19-7-13-8-20-17(18)26-13/h3-4,6,8,12,19,21-22H,2,5,7,9-10H2,1H3. The average Bonchev–Trinajstić information content (AvgIpc) is 3.07. The molecule has 0 aliphatic rings. The minimum atomic E-state index is -1.10. The Morgan fingerprint density at radius 2 is 2.27 bits per heavy atom. The minimum Gasteiger partial charge on any atom is -0.491 e. The fraction of sp³-hybridized carbons (Fsp3) is 0.412. The van der Waals surface area contributed by atoms with Crippen LogP contribution in [0, 0.1) is 0 Å². The Hall–Kier alpha value is -1.87. The average molecular weight is 401 g/mol. The van der Waals surface area contributed by atoms with E-state index in [-0.39, 0.29) is 6.61 Å². The van der Waals surface area contributed by atoms with Gasteiger partial charge in [0.05, 0.1) is 31.0 Å². The van der Waals surface area contributed by atoms with E-state index in [1.807, 2.05) is 6.92 Å². The van der Waals surface area contributed by atoms with Gasteiger partial charge in [0.1, 0.15) is 18.5 Å². The molecule has 7 nitrogen and oxygen atoms in total. The molecule has 0 fully saturated rings. The zero-order valence-electron chi connectivity index (χ0n) is 14.3. The molecule has 0 saturated carbocycles. The molecule has 9 heteroatoms. The van der Waals surface area contributed by atoms with E-state index in [0.717, 1.165) is 11.3 Å². The quantitative estimate of drug-likeness (QED) is 0.527. The van der Waals surface area contributed by atoms with Gasteiger partial charge in [-0.15, -0.1) is 11.3 Å². The first-order chi connectivity index (χ1) is 12.5. The third-order valence-electron chi connectivity index (χ3n) is 3.27. The highest BCUT2D eigenvalue weighted by molar-refractivity contribution is 7.15. The smallest absolute Gasteiger partial charge is 0.338 e. The van der Waals surface area contributed by atoms with Crippen LogP contribution in [0.15, 0.2) is 24.4 Å². The first-order valence-electron chi connectivity index (χ1n) is 8.10. The van der Waals surface area contributed by atoms with Gasteiger partial charge in [0.25, 0.3) is 0 Å². The van der Waals surface area contributed by atoms with E-state index < -0.39 is 18.7 Å². The Morgan fingerprint density at radius 1 is 1.46 bits per heavy atom.